The lowest BCUT2D eigenvalue weighted by atomic mass is 10.2. The van der Waals surface area contributed by atoms with Crippen molar-refractivity contribution >= 4 is 30.0 Å². The fourth-order valence-corrected chi connectivity index (χ4v) is 6.27. The highest BCUT2D eigenvalue weighted by atomic mass is 31.1. The number of rotatable bonds is 7. The lowest BCUT2D eigenvalue weighted by molar-refractivity contribution is 0.118. The Hall–Kier alpha value is -2.48. The van der Waals surface area contributed by atoms with Crippen LogP contribution in [0.3, 0.4) is 0 Å². The summed E-state index contributed by atoms with van der Waals surface area (Å²) in [6, 6.07) is 30.7. The number of hydrogen-bond donors (Lipinski definition) is 0. The first-order valence-electron chi connectivity index (χ1n) is 10.2. The Balaban J connectivity index is 1.71. The molecule has 0 spiro atoms. The molecule has 0 bridgehead atoms. The van der Waals surface area contributed by atoms with Crippen molar-refractivity contribution in [3.05, 3.63) is 90.5 Å². The number of ether oxygens (including phenoxy) is 1. The highest BCUT2D eigenvalue weighted by molar-refractivity contribution is 7.80. The summed E-state index contributed by atoms with van der Waals surface area (Å²) in [5.74, 6) is 0. The maximum atomic E-state index is 5.37. The number of benzene rings is 3. The molecule has 0 aromatic heterocycles. The maximum Gasteiger partial charge on any atom is 0.0704 e. The van der Waals surface area contributed by atoms with Crippen LogP contribution in [0.25, 0.3) is 0 Å². The van der Waals surface area contributed by atoms with Gasteiger partial charge in [0.05, 0.1) is 18.9 Å². The third-order valence-corrected chi connectivity index (χ3v) is 7.77. The summed E-state index contributed by atoms with van der Waals surface area (Å²) in [5.41, 5.74) is 1.19. The summed E-state index contributed by atoms with van der Waals surface area (Å²) < 4.78 is 5.37. The standard InChI is InChI=1S/C25H27N2OP/c1-28-20-22-12-10-18-27(22)26-19-21-11-8-9-17-25(21)29(23-13-4-2-5-14-23)24-15-6-3-7-16-24/h2-9,11,13-17,19,22H,10,12,18,20H2,1H3/b26-19+/t22-/m0/s1. The van der Waals surface area contributed by atoms with E-state index >= 15 is 0 Å². The monoisotopic (exact) mass is 402 g/mol. The summed E-state index contributed by atoms with van der Waals surface area (Å²) in [7, 11) is 1.12. The second kappa shape index (κ2) is 9.82. The van der Waals surface area contributed by atoms with Crippen LogP contribution in [0.1, 0.15) is 18.4 Å². The van der Waals surface area contributed by atoms with E-state index in [0.29, 0.717) is 6.04 Å². The minimum atomic E-state index is -0.643. The van der Waals surface area contributed by atoms with Crippen molar-refractivity contribution in [3.63, 3.8) is 0 Å². The van der Waals surface area contributed by atoms with E-state index in [1.807, 2.05) is 6.21 Å². The van der Waals surface area contributed by atoms with Crippen molar-refractivity contribution in [2.45, 2.75) is 18.9 Å². The zero-order valence-corrected chi connectivity index (χ0v) is 17.7. The van der Waals surface area contributed by atoms with Crippen LogP contribution in [-0.4, -0.2) is 37.5 Å². The highest BCUT2D eigenvalue weighted by Crippen LogP contribution is 2.33. The first-order valence-corrected chi connectivity index (χ1v) is 11.5. The molecule has 3 nitrogen and oxygen atoms in total. The number of nitrogens with zero attached hydrogens (tertiary/aromatic N) is 2. The second-order valence-corrected chi connectivity index (χ2v) is 9.41. The lowest BCUT2D eigenvalue weighted by Crippen LogP contribution is -2.29. The van der Waals surface area contributed by atoms with Crippen molar-refractivity contribution in [2.75, 3.05) is 20.3 Å². The van der Waals surface area contributed by atoms with Gasteiger partial charge in [0, 0.05) is 19.2 Å². The summed E-state index contributed by atoms with van der Waals surface area (Å²) in [4.78, 5) is 0. The normalized spacial score (nSPS) is 16.8. The molecule has 3 aromatic carbocycles. The molecule has 0 unspecified atom stereocenters. The molecule has 0 radical (unpaired) electrons. The molecule has 1 aliphatic heterocycles. The van der Waals surface area contributed by atoms with E-state index in [2.05, 4.69) is 89.9 Å². The molecular formula is C25H27N2OP. The first kappa shape index (κ1) is 19.8. The Morgan fingerprint density at radius 1 is 0.931 bits per heavy atom. The molecular weight excluding hydrogens is 375 g/mol. The number of methoxy groups -OCH3 is 1. The van der Waals surface area contributed by atoms with E-state index in [1.165, 1.54) is 27.9 Å². The lowest BCUT2D eigenvalue weighted by Gasteiger charge is -2.22. The van der Waals surface area contributed by atoms with Crippen molar-refractivity contribution < 1.29 is 4.74 Å². The van der Waals surface area contributed by atoms with Crippen LogP contribution in [0.2, 0.25) is 0 Å². The van der Waals surface area contributed by atoms with Crippen LogP contribution in [-0.2, 0) is 4.74 Å². The van der Waals surface area contributed by atoms with Crippen molar-refractivity contribution in [1.82, 2.24) is 5.01 Å². The topological polar surface area (TPSA) is 24.8 Å². The Bertz CT molecular complexity index is 890. The van der Waals surface area contributed by atoms with Gasteiger partial charge in [-0.2, -0.15) is 5.10 Å². The van der Waals surface area contributed by atoms with E-state index in [4.69, 9.17) is 9.84 Å². The average molecular weight is 402 g/mol. The van der Waals surface area contributed by atoms with Crippen LogP contribution >= 0.6 is 7.92 Å². The molecule has 0 aliphatic carbocycles. The Kier molecular flexibility index (Phi) is 6.71. The van der Waals surface area contributed by atoms with Gasteiger partial charge in [0.15, 0.2) is 0 Å². The van der Waals surface area contributed by atoms with Crippen LogP contribution in [0, 0.1) is 0 Å². The Morgan fingerprint density at radius 3 is 2.21 bits per heavy atom. The molecule has 1 atom stereocenters. The first-order chi connectivity index (χ1) is 14.4. The summed E-state index contributed by atoms with van der Waals surface area (Å²) in [6.45, 7) is 1.73. The molecule has 4 rings (SSSR count). The van der Waals surface area contributed by atoms with E-state index in [0.717, 1.165) is 19.6 Å². The minimum Gasteiger partial charge on any atom is -0.382 e. The minimum absolute atomic E-state index is 0.383. The molecule has 4 heteroatoms. The SMILES string of the molecule is COC[C@@H]1CCCN1/N=C/c1ccccc1P(c1ccccc1)c1ccccc1. The van der Waals surface area contributed by atoms with Gasteiger partial charge in [-0.25, -0.2) is 0 Å². The van der Waals surface area contributed by atoms with Gasteiger partial charge < -0.3 is 4.74 Å². The van der Waals surface area contributed by atoms with E-state index < -0.39 is 7.92 Å². The molecule has 3 aromatic rings. The summed E-state index contributed by atoms with van der Waals surface area (Å²) in [5, 5.41) is 11.1. The molecule has 0 amide bonds. The smallest absolute Gasteiger partial charge is 0.0704 e. The fourth-order valence-electron chi connectivity index (χ4n) is 3.85. The van der Waals surface area contributed by atoms with Crippen molar-refractivity contribution in [3.8, 4) is 0 Å². The molecule has 1 saturated heterocycles. The Morgan fingerprint density at radius 2 is 1.55 bits per heavy atom. The third-order valence-electron chi connectivity index (χ3n) is 5.26. The van der Waals surface area contributed by atoms with E-state index in [-0.39, 0.29) is 0 Å². The number of hydrazone groups is 1. The van der Waals surface area contributed by atoms with Gasteiger partial charge in [0.25, 0.3) is 0 Å². The largest absolute Gasteiger partial charge is 0.382 e. The molecule has 0 saturated carbocycles. The second-order valence-electron chi connectivity index (χ2n) is 7.22. The van der Waals surface area contributed by atoms with Gasteiger partial charge in [-0.3, -0.25) is 5.01 Å². The highest BCUT2D eigenvalue weighted by Gasteiger charge is 2.23. The molecule has 1 heterocycles. The molecule has 1 fully saturated rings. The zero-order chi connectivity index (χ0) is 19.9. The van der Waals surface area contributed by atoms with Gasteiger partial charge in [0.2, 0.25) is 0 Å². The molecule has 0 N–H and O–H groups in total. The third kappa shape index (κ3) is 4.75. The molecule has 1 aliphatic rings. The summed E-state index contributed by atoms with van der Waals surface area (Å²) >= 11 is 0. The van der Waals surface area contributed by atoms with Gasteiger partial charge in [0.1, 0.15) is 0 Å². The predicted molar refractivity (Wildman–Crippen MR) is 124 cm³/mol. The van der Waals surface area contributed by atoms with Gasteiger partial charge in [-0.15, -0.1) is 0 Å². The maximum absolute atomic E-state index is 5.37. The number of hydrogen-bond acceptors (Lipinski definition) is 3. The quantitative estimate of drug-likeness (QED) is 0.443. The van der Waals surface area contributed by atoms with Crippen LogP contribution in [0.5, 0.6) is 0 Å². The molecule has 148 valence electrons. The van der Waals surface area contributed by atoms with Crippen LogP contribution < -0.4 is 15.9 Å². The average Bonchev–Trinajstić information content (AvgIpc) is 3.22. The van der Waals surface area contributed by atoms with E-state index in [1.54, 1.807) is 7.11 Å². The van der Waals surface area contributed by atoms with Crippen molar-refractivity contribution in [2.24, 2.45) is 5.10 Å². The van der Waals surface area contributed by atoms with Crippen molar-refractivity contribution in [1.29, 1.82) is 0 Å². The predicted octanol–water partition coefficient (Wildman–Crippen LogP) is 3.89. The Labute approximate surface area is 174 Å². The zero-order valence-electron chi connectivity index (χ0n) is 16.8. The molecule has 29 heavy (non-hydrogen) atoms. The van der Waals surface area contributed by atoms with Gasteiger partial charge in [-0.05, 0) is 36.7 Å². The van der Waals surface area contributed by atoms with Gasteiger partial charge in [-0.1, -0.05) is 84.9 Å². The van der Waals surface area contributed by atoms with Gasteiger partial charge >= 0.3 is 0 Å². The fraction of sp³-hybridized carbons (Fsp3) is 0.240. The van der Waals surface area contributed by atoms with E-state index in [9.17, 15) is 0 Å². The van der Waals surface area contributed by atoms with Crippen LogP contribution in [0.4, 0.5) is 0 Å². The van der Waals surface area contributed by atoms with Crippen LogP contribution in [0.15, 0.2) is 90.0 Å². The summed E-state index contributed by atoms with van der Waals surface area (Å²) in [6.07, 6.45) is 4.37.